The predicted molar refractivity (Wildman–Crippen MR) is 76.2 cm³/mol. The Balaban J connectivity index is 2.49. The van der Waals surface area contributed by atoms with E-state index in [0.717, 1.165) is 4.31 Å². The first-order valence-electron chi connectivity index (χ1n) is 5.77. The second-order valence-electron chi connectivity index (χ2n) is 4.22. The van der Waals surface area contributed by atoms with Crippen LogP contribution in [0.25, 0.3) is 0 Å². The van der Waals surface area contributed by atoms with Gasteiger partial charge in [-0.1, -0.05) is 6.07 Å². The first-order valence-corrected chi connectivity index (χ1v) is 7.21. The zero-order chi connectivity index (χ0) is 14.9. The quantitative estimate of drug-likeness (QED) is 0.902. The van der Waals surface area contributed by atoms with Crippen LogP contribution in [0.5, 0.6) is 5.75 Å². The van der Waals surface area contributed by atoms with E-state index in [1.165, 1.54) is 25.1 Å². The minimum Gasteiger partial charge on any atom is -0.497 e. The minimum absolute atomic E-state index is 0.0257. The maximum absolute atomic E-state index is 12.6. The monoisotopic (exact) mass is 296 g/mol. The van der Waals surface area contributed by atoms with Gasteiger partial charge in [-0.2, -0.15) is 8.42 Å². The Morgan fingerprint density at radius 3 is 2.65 bits per heavy atom. The van der Waals surface area contributed by atoms with Gasteiger partial charge in [-0.15, -0.1) is 0 Å². The number of aromatic nitrogens is 2. The number of rotatable bonds is 4. The maximum atomic E-state index is 12.6. The fraction of sp³-hybridized carbons (Fsp3) is 0.250. The molecule has 108 valence electrons. The summed E-state index contributed by atoms with van der Waals surface area (Å²) < 4.78 is 32.8. The molecule has 2 N–H and O–H groups in total. The van der Waals surface area contributed by atoms with Crippen LogP contribution in [0, 0.1) is 0 Å². The summed E-state index contributed by atoms with van der Waals surface area (Å²) in [5.41, 5.74) is 6.11. The van der Waals surface area contributed by atoms with Crippen LogP contribution in [-0.2, 0) is 17.1 Å². The number of nitrogen functional groups attached to an aromatic ring is 1. The topological polar surface area (TPSA) is 90.4 Å². The minimum atomic E-state index is -3.78. The smallest absolute Gasteiger partial charge is 0.283 e. The van der Waals surface area contributed by atoms with Crippen molar-refractivity contribution in [2.45, 2.75) is 5.03 Å². The van der Waals surface area contributed by atoms with Crippen molar-refractivity contribution in [1.82, 2.24) is 9.55 Å². The summed E-state index contributed by atoms with van der Waals surface area (Å²) in [7, 11) is 0.773. The first-order chi connectivity index (χ1) is 9.37. The van der Waals surface area contributed by atoms with Gasteiger partial charge in [-0.05, 0) is 12.1 Å². The number of methoxy groups -OCH3 is 1. The number of hydrogen-bond donors (Lipinski definition) is 1. The van der Waals surface area contributed by atoms with Gasteiger partial charge in [0.15, 0.2) is 10.8 Å². The summed E-state index contributed by atoms with van der Waals surface area (Å²) in [6.07, 6.45) is 1.36. The largest absolute Gasteiger partial charge is 0.497 e. The summed E-state index contributed by atoms with van der Waals surface area (Å²) in [4.78, 5) is 3.80. The summed E-state index contributed by atoms with van der Waals surface area (Å²) in [5, 5.41) is -0.0391. The molecule has 20 heavy (non-hydrogen) atoms. The van der Waals surface area contributed by atoms with Crippen molar-refractivity contribution < 1.29 is 13.2 Å². The highest BCUT2D eigenvalue weighted by Gasteiger charge is 2.27. The van der Waals surface area contributed by atoms with E-state index in [-0.39, 0.29) is 10.8 Å². The number of benzene rings is 1. The maximum Gasteiger partial charge on any atom is 0.283 e. The highest BCUT2D eigenvalue weighted by atomic mass is 32.2. The van der Waals surface area contributed by atoms with Crippen molar-refractivity contribution >= 4 is 21.5 Å². The molecule has 0 fully saturated rings. The summed E-state index contributed by atoms with van der Waals surface area (Å²) in [6, 6.07) is 6.76. The highest BCUT2D eigenvalue weighted by molar-refractivity contribution is 7.92. The zero-order valence-electron chi connectivity index (χ0n) is 11.4. The number of nitrogens with two attached hydrogens (primary N) is 1. The van der Waals surface area contributed by atoms with E-state index >= 15 is 0 Å². The average Bonchev–Trinajstić information content (AvgIpc) is 2.77. The van der Waals surface area contributed by atoms with E-state index in [1.807, 2.05) is 0 Å². The van der Waals surface area contributed by atoms with Gasteiger partial charge in [0.2, 0.25) is 0 Å². The predicted octanol–water partition coefficient (Wildman–Crippen LogP) is 0.836. The number of aryl methyl sites for hydroxylation is 1. The summed E-state index contributed by atoms with van der Waals surface area (Å²) >= 11 is 0. The Bertz CT molecular complexity index is 705. The van der Waals surface area contributed by atoms with Gasteiger partial charge in [0, 0.05) is 20.2 Å². The van der Waals surface area contributed by atoms with Crippen LogP contribution in [0.4, 0.5) is 11.5 Å². The van der Waals surface area contributed by atoms with E-state index in [4.69, 9.17) is 10.5 Å². The van der Waals surface area contributed by atoms with Crippen LogP contribution >= 0.6 is 0 Å². The van der Waals surface area contributed by atoms with Crippen molar-refractivity contribution in [2.75, 3.05) is 24.2 Å². The van der Waals surface area contributed by atoms with E-state index in [9.17, 15) is 8.42 Å². The molecule has 0 unspecified atom stereocenters. The van der Waals surface area contributed by atoms with Crippen LogP contribution in [-0.4, -0.2) is 32.1 Å². The number of sulfonamides is 1. The molecule has 0 bridgehead atoms. The number of nitrogens with zero attached hydrogens (tertiary/aromatic N) is 3. The molecule has 0 spiro atoms. The van der Waals surface area contributed by atoms with E-state index in [2.05, 4.69) is 4.98 Å². The molecule has 0 saturated heterocycles. The zero-order valence-corrected chi connectivity index (χ0v) is 12.3. The Labute approximate surface area is 117 Å². The number of anilines is 2. The molecule has 1 heterocycles. The van der Waals surface area contributed by atoms with Gasteiger partial charge in [0.25, 0.3) is 10.0 Å². The molecule has 1 aromatic heterocycles. The summed E-state index contributed by atoms with van der Waals surface area (Å²) in [6.45, 7) is 0. The molecule has 0 radical (unpaired) electrons. The molecule has 0 amide bonds. The van der Waals surface area contributed by atoms with E-state index < -0.39 is 10.0 Å². The standard InChI is InChI=1S/C12H16N4O3S/c1-15-8-14-11(13)12(15)20(17,18)16(2)9-5-4-6-10(7-9)19-3/h4-8H,13H2,1-3H3. The number of ether oxygens (including phenoxy) is 1. The molecular formula is C12H16N4O3S. The first kappa shape index (κ1) is 14.2. The molecule has 2 rings (SSSR count). The molecule has 2 aromatic rings. The van der Waals surface area contributed by atoms with Gasteiger partial charge < -0.3 is 15.0 Å². The molecule has 0 atom stereocenters. The van der Waals surface area contributed by atoms with Crippen molar-refractivity contribution in [3.8, 4) is 5.75 Å². The van der Waals surface area contributed by atoms with Crippen LogP contribution < -0.4 is 14.8 Å². The third kappa shape index (κ3) is 2.29. The fourth-order valence-electron chi connectivity index (χ4n) is 1.83. The molecule has 0 aliphatic carbocycles. The van der Waals surface area contributed by atoms with E-state index in [1.54, 1.807) is 31.3 Å². The normalized spacial score (nSPS) is 11.3. The third-order valence-electron chi connectivity index (χ3n) is 2.93. The molecule has 7 nitrogen and oxygen atoms in total. The van der Waals surface area contributed by atoms with E-state index in [0.29, 0.717) is 11.4 Å². The second-order valence-corrected chi connectivity index (χ2v) is 6.10. The molecule has 0 aliphatic heterocycles. The lowest BCUT2D eigenvalue weighted by atomic mass is 10.3. The summed E-state index contributed by atoms with van der Waals surface area (Å²) in [5.74, 6) is 0.546. The lowest BCUT2D eigenvalue weighted by Gasteiger charge is -2.20. The molecule has 8 heteroatoms. The van der Waals surface area contributed by atoms with Crippen LogP contribution in [0.3, 0.4) is 0 Å². The Morgan fingerprint density at radius 2 is 2.10 bits per heavy atom. The average molecular weight is 296 g/mol. The van der Waals surface area contributed by atoms with Crippen molar-refractivity contribution in [3.63, 3.8) is 0 Å². The van der Waals surface area contributed by atoms with Crippen LogP contribution in [0.15, 0.2) is 35.6 Å². The Morgan fingerprint density at radius 1 is 1.40 bits per heavy atom. The highest BCUT2D eigenvalue weighted by Crippen LogP contribution is 2.27. The van der Waals surface area contributed by atoms with Crippen LogP contribution in [0.2, 0.25) is 0 Å². The lowest BCUT2D eigenvalue weighted by Crippen LogP contribution is -2.28. The van der Waals surface area contributed by atoms with Crippen molar-refractivity contribution in [1.29, 1.82) is 0 Å². The molecule has 0 saturated carbocycles. The van der Waals surface area contributed by atoms with Gasteiger partial charge in [-0.25, -0.2) is 4.98 Å². The Hall–Kier alpha value is -2.22. The van der Waals surface area contributed by atoms with Gasteiger partial charge in [-0.3, -0.25) is 4.31 Å². The number of hydrogen-bond acceptors (Lipinski definition) is 5. The Kier molecular flexibility index (Phi) is 3.58. The fourth-order valence-corrected chi connectivity index (χ4v) is 3.20. The number of imidazole rings is 1. The molecular weight excluding hydrogens is 280 g/mol. The van der Waals surface area contributed by atoms with Gasteiger partial charge >= 0.3 is 0 Å². The molecule has 1 aromatic carbocycles. The van der Waals surface area contributed by atoms with Crippen LogP contribution in [0.1, 0.15) is 0 Å². The van der Waals surface area contributed by atoms with Gasteiger partial charge in [0.05, 0.1) is 19.1 Å². The third-order valence-corrected chi connectivity index (χ3v) is 4.85. The lowest BCUT2D eigenvalue weighted by molar-refractivity contribution is 0.415. The second kappa shape index (κ2) is 5.04. The van der Waals surface area contributed by atoms with Crippen molar-refractivity contribution in [2.24, 2.45) is 7.05 Å². The molecule has 0 aliphatic rings. The van der Waals surface area contributed by atoms with Gasteiger partial charge in [0.1, 0.15) is 5.75 Å². The SMILES string of the molecule is COc1cccc(N(C)S(=O)(=O)c2c(N)ncn2C)c1. The van der Waals surface area contributed by atoms with Crippen molar-refractivity contribution in [3.05, 3.63) is 30.6 Å².